The Morgan fingerprint density at radius 3 is 3.24 bits per heavy atom. The van der Waals surface area contributed by atoms with Gasteiger partial charge >= 0.3 is 0 Å². The molecule has 92 valence electrons. The van der Waals surface area contributed by atoms with Gasteiger partial charge < -0.3 is 10.1 Å². The quantitative estimate of drug-likeness (QED) is 0.833. The van der Waals surface area contributed by atoms with Gasteiger partial charge in [-0.05, 0) is 19.3 Å². The molecule has 0 bridgehead atoms. The minimum Gasteiger partial charge on any atom is -0.377 e. The summed E-state index contributed by atoms with van der Waals surface area (Å²) in [6.07, 6.45) is 6.88. The Morgan fingerprint density at radius 2 is 2.53 bits per heavy atom. The van der Waals surface area contributed by atoms with Crippen molar-refractivity contribution in [2.24, 2.45) is 5.92 Å². The van der Waals surface area contributed by atoms with Crippen molar-refractivity contribution in [1.82, 2.24) is 9.36 Å². The van der Waals surface area contributed by atoms with Crippen LogP contribution in [-0.2, 0) is 16.1 Å². The van der Waals surface area contributed by atoms with E-state index in [4.69, 9.17) is 4.74 Å². The van der Waals surface area contributed by atoms with Crippen LogP contribution < -0.4 is 5.32 Å². The van der Waals surface area contributed by atoms with E-state index in [-0.39, 0.29) is 11.8 Å². The molecular weight excluding hydrogens is 238 g/mol. The Bertz CT molecular complexity index is 417. The molecule has 1 aliphatic carbocycles. The Kier molecular flexibility index (Phi) is 4.22. The molecule has 1 aliphatic rings. The standard InChI is InChI=1S/C11H15N3O2S/c1-16-7-9-12-11(17-14-9)13-10(15)8-5-3-2-4-6-8/h2-3,8H,4-7H2,1H3,(H,12,13,14,15)/t8-/m1/s1. The minimum atomic E-state index is 0.0365. The highest BCUT2D eigenvalue weighted by molar-refractivity contribution is 7.09. The number of aromatic nitrogens is 2. The van der Waals surface area contributed by atoms with Gasteiger partial charge in [0.1, 0.15) is 6.61 Å². The van der Waals surface area contributed by atoms with E-state index in [0.717, 1.165) is 19.3 Å². The molecule has 0 spiro atoms. The van der Waals surface area contributed by atoms with E-state index in [2.05, 4.69) is 26.8 Å². The summed E-state index contributed by atoms with van der Waals surface area (Å²) in [6, 6.07) is 0. The fourth-order valence-corrected chi connectivity index (χ4v) is 2.31. The van der Waals surface area contributed by atoms with Gasteiger partial charge in [0.2, 0.25) is 11.0 Å². The molecule has 0 aliphatic heterocycles. The first-order chi connectivity index (χ1) is 8.29. The van der Waals surface area contributed by atoms with Crippen LogP contribution in [0.3, 0.4) is 0 Å². The molecule has 0 saturated heterocycles. The van der Waals surface area contributed by atoms with Gasteiger partial charge in [0, 0.05) is 24.6 Å². The monoisotopic (exact) mass is 253 g/mol. The highest BCUT2D eigenvalue weighted by Gasteiger charge is 2.19. The number of ether oxygens (including phenoxy) is 1. The maximum Gasteiger partial charge on any atom is 0.229 e. The van der Waals surface area contributed by atoms with Crippen LogP contribution >= 0.6 is 11.5 Å². The molecular formula is C11H15N3O2S. The molecule has 5 nitrogen and oxygen atoms in total. The molecule has 0 aromatic carbocycles. The highest BCUT2D eigenvalue weighted by Crippen LogP contribution is 2.20. The summed E-state index contributed by atoms with van der Waals surface area (Å²) in [6.45, 7) is 0.374. The van der Waals surface area contributed by atoms with E-state index in [1.807, 2.05) is 0 Å². The van der Waals surface area contributed by atoms with Crippen LogP contribution in [-0.4, -0.2) is 22.4 Å². The predicted molar refractivity (Wildman–Crippen MR) is 65.7 cm³/mol. The fraction of sp³-hybridized carbons (Fsp3) is 0.545. The molecule has 2 rings (SSSR count). The topological polar surface area (TPSA) is 64.1 Å². The number of carbonyl (C=O) groups excluding carboxylic acids is 1. The Morgan fingerprint density at radius 1 is 1.65 bits per heavy atom. The zero-order chi connectivity index (χ0) is 12.1. The fourth-order valence-electron chi connectivity index (χ4n) is 1.73. The lowest BCUT2D eigenvalue weighted by molar-refractivity contribution is -0.120. The third-order valence-corrected chi connectivity index (χ3v) is 3.28. The predicted octanol–water partition coefficient (Wildman–Crippen LogP) is 1.98. The second-order valence-electron chi connectivity index (χ2n) is 3.92. The molecule has 0 radical (unpaired) electrons. The smallest absolute Gasteiger partial charge is 0.229 e. The Balaban J connectivity index is 1.90. The van der Waals surface area contributed by atoms with Crippen molar-refractivity contribution in [2.75, 3.05) is 12.4 Å². The summed E-state index contributed by atoms with van der Waals surface area (Å²) in [4.78, 5) is 16.1. The largest absolute Gasteiger partial charge is 0.377 e. The average Bonchev–Trinajstić information content (AvgIpc) is 2.78. The van der Waals surface area contributed by atoms with E-state index in [1.165, 1.54) is 11.5 Å². The SMILES string of the molecule is COCc1nsc(NC(=O)[C@@H]2CC=CCC2)n1. The normalized spacial score (nSPS) is 19.2. The summed E-state index contributed by atoms with van der Waals surface area (Å²) < 4.78 is 9.00. The maximum absolute atomic E-state index is 11.9. The van der Waals surface area contributed by atoms with Crippen molar-refractivity contribution >= 4 is 22.6 Å². The number of methoxy groups -OCH3 is 1. The molecule has 1 atom stereocenters. The number of amides is 1. The van der Waals surface area contributed by atoms with Crippen molar-refractivity contribution in [3.8, 4) is 0 Å². The van der Waals surface area contributed by atoms with E-state index in [9.17, 15) is 4.79 Å². The summed E-state index contributed by atoms with van der Waals surface area (Å²) >= 11 is 1.19. The van der Waals surface area contributed by atoms with Gasteiger partial charge in [-0.25, -0.2) is 4.98 Å². The number of hydrogen-bond acceptors (Lipinski definition) is 5. The van der Waals surface area contributed by atoms with Crippen molar-refractivity contribution in [2.45, 2.75) is 25.9 Å². The first-order valence-corrected chi connectivity index (χ1v) is 6.34. The third-order valence-electron chi connectivity index (χ3n) is 2.61. The number of nitrogens with zero attached hydrogens (tertiary/aromatic N) is 2. The summed E-state index contributed by atoms with van der Waals surface area (Å²) in [5.41, 5.74) is 0. The van der Waals surface area contributed by atoms with Crippen LogP contribution in [0.25, 0.3) is 0 Å². The minimum absolute atomic E-state index is 0.0365. The molecule has 17 heavy (non-hydrogen) atoms. The van der Waals surface area contributed by atoms with Gasteiger partial charge in [-0.3, -0.25) is 4.79 Å². The van der Waals surface area contributed by atoms with Crippen LogP contribution in [0.2, 0.25) is 0 Å². The third kappa shape index (κ3) is 3.34. The molecule has 0 fully saturated rings. The van der Waals surface area contributed by atoms with Gasteiger partial charge in [0.25, 0.3) is 0 Å². The molecule has 6 heteroatoms. The average molecular weight is 253 g/mol. The maximum atomic E-state index is 11.9. The van der Waals surface area contributed by atoms with Crippen LogP contribution in [0.15, 0.2) is 12.2 Å². The number of carbonyl (C=O) groups is 1. The first kappa shape index (κ1) is 12.2. The van der Waals surface area contributed by atoms with E-state index in [0.29, 0.717) is 17.6 Å². The zero-order valence-electron chi connectivity index (χ0n) is 9.68. The van der Waals surface area contributed by atoms with E-state index >= 15 is 0 Å². The Labute approximate surface area is 104 Å². The van der Waals surface area contributed by atoms with Crippen LogP contribution in [0.5, 0.6) is 0 Å². The first-order valence-electron chi connectivity index (χ1n) is 5.57. The molecule has 0 saturated carbocycles. The van der Waals surface area contributed by atoms with Crippen molar-refractivity contribution in [1.29, 1.82) is 0 Å². The second kappa shape index (κ2) is 5.88. The van der Waals surface area contributed by atoms with Gasteiger partial charge in [0.05, 0.1) is 0 Å². The molecule has 1 aromatic heterocycles. The second-order valence-corrected chi connectivity index (χ2v) is 4.67. The highest BCUT2D eigenvalue weighted by atomic mass is 32.1. The number of allylic oxidation sites excluding steroid dienone is 2. The van der Waals surface area contributed by atoms with Gasteiger partial charge in [-0.2, -0.15) is 4.37 Å². The van der Waals surface area contributed by atoms with E-state index in [1.54, 1.807) is 7.11 Å². The lowest BCUT2D eigenvalue weighted by atomic mass is 9.94. The van der Waals surface area contributed by atoms with Crippen LogP contribution in [0, 0.1) is 5.92 Å². The van der Waals surface area contributed by atoms with Crippen LogP contribution in [0.1, 0.15) is 25.1 Å². The zero-order valence-corrected chi connectivity index (χ0v) is 10.5. The number of hydrogen-bond donors (Lipinski definition) is 1. The van der Waals surface area contributed by atoms with Crippen molar-refractivity contribution < 1.29 is 9.53 Å². The van der Waals surface area contributed by atoms with Crippen molar-refractivity contribution in [3.05, 3.63) is 18.0 Å². The summed E-state index contributed by atoms with van der Waals surface area (Å²) in [5.74, 6) is 0.709. The van der Waals surface area contributed by atoms with E-state index < -0.39 is 0 Å². The van der Waals surface area contributed by atoms with Gasteiger partial charge in [0.15, 0.2) is 5.82 Å². The molecule has 1 amide bonds. The number of nitrogens with one attached hydrogen (secondary N) is 1. The Hall–Kier alpha value is -1.27. The number of rotatable bonds is 4. The summed E-state index contributed by atoms with van der Waals surface area (Å²) in [5, 5.41) is 3.36. The summed E-state index contributed by atoms with van der Waals surface area (Å²) in [7, 11) is 1.59. The van der Waals surface area contributed by atoms with Gasteiger partial charge in [-0.1, -0.05) is 12.2 Å². The lowest BCUT2D eigenvalue weighted by Gasteiger charge is -2.15. The molecule has 1 N–H and O–H groups in total. The van der Waals surface area contributed by atoms with Crippen molar-refractivity contribution in [3.63, 3.8) is 0 Å². The molecule has 1 aromatic rings. The molecule has 0 unspecified atom stereocenters. The molecule has 1 heterocycles. The van der Waals surface area contributed by atoms with Gasteiger partial charge in [-0.15, -0.1) is 0 Å². The lowest BCUT2D eigenvalue weighted by Crippen LogP contribution is -2.23. The number of anilines is 1. The van der Waals surface area contributed by atoms with Crippen LogP contribution in [0.4, 0.5) is 5.13 Å².